The summed E-state index contributed by atoms with van der Waals surface area (Å²) in [5.74, 6) is 0.889. The van der Waals surface area contributed by atoms with Crippen LogP contribution in [-0.2, 0) is 6.54 Å². The maximum Gasteiger partial charge on any atom is 0.119 e. The Morgan fingerprint density at radius 2 is 2.25 bits per heavy atom. The third-order valence-corrected chi connectivity index (χ3v) is 3.78. The van der Waals surface area contributed by atoms with Gasteiger partial charge in [0.25, 0.3) is 0 Å². The van der Waals surface area contributed by atoms with Gasteiger partial charge in [-0.2, -0.15) is 5.10 Å². The van der Waals surface area contributed by atoms with Gasteiger partial charge in [-0.3, -0.25) is 4.68 Å². The minimum Gasteiger partial charge on any atom is -0.494 e. The molecule has 0 aliphatic heterocycles. The Morgan fingerprint density at radius 1 is 1.45 bits per heavy atom. The van der Waals surface area contributed by atoms with E-state index in [1.54, 1.807) is 6.20 Å². The van der Waals surface area contributed by atoms with Gasteiger partial charge in [0, 0.05) is 13.0 Å². The van der Waals surface area contributed by atoms with E-state index in [1.807, 2.05) is 22.9 Å². The zero-order chi connectivity index (χ0) is 14.5. The van der Waals surface area contributed by atoms with Gasteiger partial charge in [-0.15, -0.1) is 0 Å². The fraction of sp³-hybridized carbons (Fsp3) is 0.400. The number of halogens is 1. The largest absolute Gasteiger partial charge is 0.494 e. The van der Waals surface area contributed by atoms with E-state index in [4.69, 9.17) is 10.5 Å². The van der Waals surface area contributed by atoms with Gasteiger partial charge in [-0.05, 0) is 47.5 Å². The lowest BCUT2D eigenvalue weighted by Crippen LogP contribution is -2.19. The molecule has 1 unspecified atom stereocenters. The average Bonchev–Trinajstić information content (AvgIpc) is 2.80. The van der Waals surface area contributed by atoms with Crippen molar-refractivity contribution in [2.45, 2.75) is 32.9 Å². The predicted octanol–water partition coefficient (Wildman–Crippen LogP) is 3.44. The maximum absolute atomic E-state index is 6.24. The normalized spacial score (nSPS) is 12.4. The van der Waals surface area contributed by atoms with E-state index in [0.29, 0.717) is 6.61 Å². The molecule has 0 aliphatic carbocycles. The molecule has 108 valence electrons. The summed E-state index contributed by atoms with van der Waals surface area (Å²) in [4.78, 5) is 0. The maximum atomic E-state index is 6.24. The molecule has 1 aromatic carbocycles. The molecule has 20 heavy (non-hydrogen) atoms. The lowest BCUT2D eigenvalue weighted by Gasteiger charge is -2.15. The van der Waals surface area contributed by atoms with Gasteiger partial charge in [0.1, 0.15) is 5.75 Å². The van der Waals surface area contributed by atoms with Gasteiger partial charge in [0.15, 0.2) is 0 Å². The van der Waals surface area contributed by atoms with Crippen LogP contribution in [0.4, 0.5) is 0 Å². The second-order valence-corrected chi connectivity index (χ2v) is 5.61. The molecule has 2 N–H and O–H groups in total. The highest BCUT2D eigenvalue weighted by Gasteiger charge is 2.15. The highest BCUT2D eigenvalue weighted by Crippen LogP contribution is 2.24. The SMILES string of the molecule is CCn1ncc(Br)c1C(N)CCOc1cccc(C)c1. The van der Waals surface area contributed by atoms with E-state index in [2.05, 4.69) is 40.9 Å². The third-order valence-electron chi connectivity index (χ3n) is 3.17. The highest BCUT2D eigenvalue weighted by atomic mass is 79.9. The van der Waals surface area contributed by atoms with Crippen LogP contribution in [-0.4, -0.2) is 16.4 Å². The Bertz CT molecular complexity index is 568. The minimum absolute atomic E-state index is 0.0864. The number of ether oxygens (including phenoxy) is 1. The molecule has 0 fully saturated rings. The zero-order valence-corrected chi connectivity index (χ0v) is 13.4. The molecule has 0 radical (unpaired) electrons. The van der Waals surface area contributed by atoms with Crippen LogP contribution in [0.3, 0.4) is 0 Å². The first-order valence-electron chi connectivity index (χ1n) is 6.78. The van der Waals surface area contributed by atoms with E-state index in [0.717, 1.165) is 28.9 Å². The van der Waals surface area contributed by atoms with E-state index in [9.17, 15) is 0 Å². The smallest absolute Gasteiger partial charge is 0.119 e. The first-order chi connectivity index (χ1) is 9.61. The molecule has 0 saturated carbocycles. The summed E-state index contributed by atoms with van der Waals surface area (Å²) in [5.41, 5.74) is 8.46. The Hall–Kier alpha value is -1.33. The molecule has 0 aliphatic rings. The number of aryl methyl sites for hydroxylation is 2. The molecule has 0 amide bonds. The summed E-state index contributed by atoms with van der Waals surface area (Å²) in [7, 11) is 0. The first-order valence-corrected chi connectivity index (χ1v) is 7.57. The van der Waals surface area contributed by atoms with Crippen molar-refractivity contribution in [3.05, 3.63) is 46.2 Å². The molecule has 1 aromatic heterocycles. The highest BCUT2D eigenvalue weighted by molar-refractivity contribution is 9.10. The lowest BCUT2D eigenvalue weighted by molar-refractivity contribution is 0.295. The van der Waals surface area contributed by atoms with Crippen molar-refractivity contribution in [1.29, 1.82) is 0 Å². The molecule has 2 aromatic rings. The summed E-state index contributed by atoms with van der Waals surface area (Å²) in [6.07, 6.45) is 2.54. The fourth-order valence-corrected chi connectivity index (χ4v) is 2.73. The van der Waals surface area contributed by atoms with E-state index >= 15 is 0 Å². The van der Waals surface area contributed by atoms with Gasteiger partial charge < -0.3 is 10.5 Å². The van der Waals surface area contributed by atoms with Crippen molar-refractivity contribution in [2.75, 3.05) is 6.61 Å². The Balaban J connectivity index is 1.92. The molecule has 1 heterocycles. The number of nitrogens with zero attached hydrogens (tertiary/aromatic N) is 2. The summed E-state index contributed by atoms with van der Waals surface area (Å²) >= 11 is 3.50. The Kier molecular flexibility index (Phi) is 5.20. The molecule has 0 spiro atoms. The van der Waals surface area contributed by atoms with Crippen molar-refractivity contribution in [3.8, 4) is 5.75 Å². The molecular weight excluding hydrogens is 318 g/mol. The number of rotatable bonds is 6. The summed E-state index contributed by atoms with van der Waals surface area (Å²) in [5, 5.41) is 4.28. The quantitative estimate of drug-likeness (QED) is 0.878. The molecular formula is C15H20BrN3O. The van der Waals surface area contributed by atoms with Crippen LogP contribution in [0.1, 0.15) is 30.6 Å². The van der Waals surface area contributed by atoms with Crippen molar-refractivity contribution >= 4 is 15.9 Å². The van der Waals surface area contributed by atoms with Crippen molar-refractivity contribution < 1.29 is 4.74 Å². The fourth-order valence-electron chi connectivity index (χ4n) is 2.14. The Morgan fingerprint density at radius 3 is 2.95 bits per heavy atom. The number of benzene rings is 1. The van der Waals surface area contributed by atoms with Crippen molar-refractivity contribution in [2.24, 2.45) is 5.73 Å². The molecule has 0 saturated heterocycles. The minimum atomic E-state index is -0.0864. The van der Waals surface area contributed by atoms with Crippen LogP contribution in [0.15, 0.2) is 34.9 Å². The summed E-state index contributed by atoms with van der Waals surface area (Å²) in [6, 6.07) is 7.95. The molecule has 4 nitrogen and oxygen atoms in total. The predicted molar refractivity (Wildman–Crippen MR) is 83.8 cm³/mol. The third kappa shape index (κ3) is 3.61. The number of aromatic nitrogens is 2. The van der Waals surface area contributed by atoms with Crippen LogP contribution in [0.2, 0.25) is 0 Å². The van der Waals surface area contributed by atoms with Crippen LogP contribution in [0, 0.1) is 6.92 Å². The average molecular weight is 338 g/mol. The van der Waals surface area contributed by atoms with Gasteiger partial charge in [-0.25, -0.2) is 0 Å². The van der Waals surface area contributed by atoms with E-state index < -0.39 is 0 Å². The molecule has 1 atom stereocenters. The number of nitrogens with two attached hydrogens (primary N) is 1. The lowest BCUT2D eigenvalue weighted by atomic mass is 10.1. The van der Waals surface area contributed by atoms with Crippen LogP contribution in [0.25, 0.3) is 0 Å². The van der Waals surface area contributed by atoms with Crippen molar-refractivity contribution in [3.63, 3.8) is 0 Å². The monoisotopic (exact) mass is 337 g/mol. The molecule has 0 bridgehead atoms. The molecule has 2 rings (SSSR count). The standard InChI is InChI=1S/C15H20BrN3O/c1-3-19-15(13(16)10-18-19)14(17)7-8-20-12-6-4-5-11(2)9-12/h4-6,9-10,14H,3,7-8,17H2,1-2H3. The number of hydrogen-bond donors (Lipinski definition) is 1. The van der Waals surface area contributed by atoms with Crippen LogP contribution < -0.4 is 10.5 Å². The zero-order valence-electron chi connectivity index (χ0n) is 11.8. The molecule has 5 heteroatoms. The summed E-state index contributed by atoms with van der Waals surface area (Å²) < 4.78 is 8.62. The van der Waals surface area contributed by atoms with Gasteiger partial charge in [-0.1, -0.05) is 12.1 Å². The van der Waals surface area contributed by atoms with Gasteiger partial charge in [0.2, 0.25) is 0 Å². The van der Waals surface area contributed by atoms with Crippen molar-refractivity contribution in [1.82, 2.24) is 9.78 Å². The first kappa shape index (κ1) is 15.1. The second kappa shape index (κ2) is 6.90. The van der Waals surface area contributed by atoms with E-state index in [1.165, 1.54) is 5.56 Å². The summed E-state index contributed by atoms with van der Waals surface area (Å²) in [6.45, 7) is 5.51. The topological polar surface area (TPSA) is 53.1 Å². The Labute approximate surface area is 128 Å². The van der Waals surface area contributed by atoms with Gasteiger partial charge in [0.05, 0.1) is 29.0 Å². The van der Waals surface area contributed by atoms with Crippen LogP contribution >= 0.6 is 15.9 Å². The van der Waals surface area contributed by atoms with E-state index in [-0.39, 0.29) is 6.04 Å². The number of hydrogen-bond acceptors (Lipinski definition) is 3. The van der Waals surface area contributed by atoms with Crippen LogP contribution in [0.5, 0.6) is 5.75 Å². The second-order valence-electron chi connectivity index (χ2n) is 4.75. The van der Waals surface area contributed by atoms with Gasteiger partial charge >= 0.3 is 0 Å².